The molecule has 4 rings (SSSR count). The lowest BCUT2D eigenvalue weighted by Crippen LogP contribution is -2.33. The normalized spacial score (nSPS) is 40.4. The molecule has 3 aliphatic rings. The van der Waals surface area contributed by atoms with E-state index >= 15 is 0 Å². The third-order valence-electron chi connectivity index (χ3n) is 6.18. The van der Waals surface area contributed by atoms with Crippen molar-refractivity contribution in [2.45, 2.75) is 45.2 Å². The fraction of sp³-hybridized carbons (Fsp3) is 0.812. The first kappa shape index (κ1) is 12.0. The summed E-state index contributed by atoms with van der Waals surface area (Å²) < 4.78 is 2.29. The maximum Gasteiger partial charge on any atom is 0.110 e. The quantitative estimate of drug-likeness (QED) is 0.879. The third kappa shape index (κ3) is 1.70. The van der Waals surface area contributed by atoms with Gasteiger partial charge in [-0.2, -0.15) is 0 Å². The summed E-state index contributed by atoms with van der Waals surface area (Å²) in [5, 5.41) is 3.60. The number of nitrogens with zero attached hydrogens (tertiary/aromatic N) is 2. The molecule has 2 bridgehead atoms. The first-order valence-corrected chi connectivity index (χ1v) is 8.00. The fourth-order valence-electron chi connectivity index (χ4n) is 5.38. The summed E-state index contributed by atoms with van der Waals surface area (Å²) in [5.41, 5.74) is 0. The van der Waals surface area contributed by atoms with E-state index < -0.39 is 0 Å². The van der Waals surface area contributed by atoms with Crippen LogP contribution in [0.1, 0.15) is 32.0 Å². The van der Waals surface area contributed by atoms with Gasteiger partial charge in [-0.1, -0.05) is 0 Å². The number of imidazole rings is 1. The first-order chi connectivity index (χ1) is 9.33. The van der Waals surface area contributed by atoms with E-state index in [0.717, 1.165) is 42.6 Å². The van der Waals surface area contributed by atoms with Crippen molar-refractivity contribution in [3.05, 3.63) is 18.2 Å². The summed E-state index contributed by atoms with van der Waals surface area (Å²) in [7, 11) is 2.14. The molecular formula is C16H25N3. The van der Waals surface area contributed by atoms with Gasteiger partial charge in [0.25, 0.3) is 0 Å². The molecule has 0 saturated heterocycles. The topological polar surface area (TPSA) is 29.9 Å². The second kappa shape index (κ2) is 4.34. The molecule has 1 heterocycles. The van der Waals surface area contributed by atoms with Crippen molar-refractivity contribution < 1.29 is 0 Å². The summed E-state index contributed by atoms with van der Waals surface area (Å²) >= 11 is 0. The lowest BCUT2D eigenvalue weighted by molar-refractivity contribution is 0.370. The van der Waals surface area contributed by atoms with Gasteiger partial charge in [-0.25, -0.2) is 4.98 Å². The average Bonchev–Trinajstić information content (AvgIpc) is 2.83. The largest absolute Gasteiger partial charge is 0.335 e. The summed E-state index contributed by atoms with van der Waals surface area (Å²) in [6.45, 7) is 3.24. The van der Waals surface area contributed by atoms with Crippen LogP contribution in [0.3, 0.4) is 0 Å². The number of likely N-dealkylation sites (N-methyl/N-ethyl adjacent to an activating group) is 1. The van der Waals surface area contributed by atoms with Gasteiger partial charge < -0.3 is 9.88 Å². The van der Waals surface area contributed by atoms with E-state index in [9.17, 15) is 0 Å². The summed E-state index contributed by atoms with van der Waals surface area (Å²) in [6.07, 6.45) is 9.74. The maximum atomic E-state index is 4.56. The zero-order valence-electron chi connectivity index (χ0n) is 12.0. The van der Waals surface area contributed by atoms with E-state index in [1.807, 2.05) is 6.20 Å². The molecule has 0 aliphatic heterocycles. The van der Waals surface area contributed by atoms with Crippen molar-refractivity contribution in [3.8, 4) is 0 Å². The van der Waals surface area contributed by atoms with Crippen LogP contribution in [-0.4, -0.2) is 22.6 Å². The maximum absolute atomic E-state index is 4.56. The van der Waals surface area contributed by atoms with Crippen LogP contribution in [-0.2, 0) is 13.0 Å². The zero-order valence-corrected chi connectivity index (χ0v) is 12.0. The zero-order chi connectivity index (χ0) is 13.0. The molecule has 104 valence electrons. The average molecular weight is 259 g/mol. The number of fused-ring (bicyclic) bond motifs is 5. The van der Waals surface area contributed by atoms with Crippen LogP contribution in [0.15, 0.2) is 12.4 Å². The molecule has 0 aromatic carbocycles. The molecule has 1 N–H and O–H groups in total. The molecule has 0 radical (unpaired) electrons. The molecule has 5 atom stereocenters. The van der Waals surface area contributed by atoms with Gasteiger partial charge in [0, 0.05) is 31.4 Å². The summed E-state index contributed by atoms with van der Waals surface area (Å²) in [4.78, 5) is 4.56. The smallest absolute Gasteiger partial charge is 0.110 e. The second-order valence-corrected chi connectivity index (χ2v) is 6.79. The van der Waals surface area contributed by atoms with Gasteiger partial charge in [0.05, 0.1) is 0 Å². The Hall–Kier alpha value is -0.830. The van der Waals surface area contributed by atoms with Crippen LogP contribution in [0.25, 0.3) is 0 Å². The highest BCUT2D eigenvalue weighted by atomic mass is 15.1. The Labute approximate surface area is 115 Å². The molecule has 0 spiro atoms. The van der Waals surface area contributed by atoms with Gasteiger partial charge in [0.1, 0.15) is 5.82 Å². The standard InChI is InChI=1S/C16H25N3/c1-3-19-7-6-18-13(19)9-12(17-2)16-14-10-4-5-11(8-10)15(14)16/h6-7,10-12,14-17H,3-5,8-9H2,1-2H3. The Morgan fingerprint density at radius 1 is 1.37 bits per heavy atom. The predicted molar refractivity (Wildman–Crippen MR) is 75.8 cm³/mol. The van der Waals surface area contributed by atoms with Gasteiger partial charge >= 0.3 is 0 Å². The molecular weight excluding hydrogens is 234 g/mol. The van der Waals surface area contributed by atoms with Crippen molar-refractivity contribution in [1.82, 2.24) is 14.9 Å². The minimum absolute atomic E-state index is 0.645. The highest BCUT2D eigenvalue weighted by Gasteiger charge is 2.66. The Morgan fingerprint density at radius 2 is 2.11 bits per heavy atom. The van der Waals surface area contributed by atoms with Crippen molar-refractivity contribution in [2.75, 3.05) is 7.05 Å². The van der Waals surface area contributed by atoms with Crippen molar-refractivity contribution in [2.24, 2.45) is 29.6 Å². The summed E-state index contributed by atoms with van der Waals surface area (Å²) in [5.74, 6) is 6.46. The molecule has 3 aliphatic carbocycles. The Morgan fingerprint density at radius 3 is 2.74 bits per heavy atom. The van der Waals surface area contributed by atoms with E-state index in [-0.39, 0.29) is 0 Å². The number of hydrogen-bond donors (Lipinski definition) is 1. The van der Waals surface area contributed by atoms with Crippen LogP contribution >= 0.6 is 0 Å². The Kier molecular flexibility index (Phi) is 2.73. The predicted octanol–water partition coefficient (Wildman–Crippen LogP) is 2.33. The minimum atomic E-state index is 0.645. The fourth-order valence-corrected chi connectivity index (χ4v) is 5.38. The molecule has 0 amide bonds. The number of aryl methyl sites for hydroxylation is 1. The van der Waals surface area contributed by atoms with E-state index in [4.69, 9.17) is 0 Å². The Balaban J connectivity index is 1.48. The third-order valence-corrected chi connectivity index (χ3v) is 6.18. The summed E-state index contributed by atoms with van der Waals surface area (Å²) in [6, 6.07) is 0.645. The van der Waals surface area contributed by atoms with E-state index in [1.165, 1.54) is 18.7 Å². The van der Waals surface area contributed by atoms with Crippen LogP contribution < -0.4 is 5.32 Å². The van der Waals surface area contributed by atoms with Gasteiger partial charge in [0.15, 0.2) is 0 Å². The van der Waals surface area contributed by atoms with Gasteiger partial charge in [-0.15, -0.1) is 0 Å². The lowest BCUT2D eigenvalue weighted by atomic mass is 9.95. The lowest BCUT2D eigenvalue weighted by Gasteiger charge is -2.20. The number of rotatable bonds is 5. The minimum Gasteiger partial charge on any atom is -0.335 e. The molecule has 3 fully saturated rings. The van der Waals surface area contributed by atoms with E-state index in [0.29, 0.717) is 6.04 Å². The van der Waals surface area contributed by atoms with Crippen molar-refractivity contribution >= 4 is 0 Å². The van der Waals surface area contributed by atoms with Crippen LogP contribution in [0.2, 0.25) is 0 Å². The number of nitrogens with one attached hydrogen (secondary N) is 1. The second-order valence-electron chi connectivity index (χ2n) is 6.79. The molecule has 1 aromatic rings. The molecule has 1 aromatic heterocycles. The van der Waals surface area contributed by atoms with Crippen molar-refractivity contribution in [1.29, 1.82) is 0 Å². The van der Waals surface area contributed by atoms with E-state index in [1.54, 1.807) is 6.42 Å². The van der Waals surface area contributed by atoms with E-state index in [2.05, 4.69) is 35.0 Å². The Bertz CT molecular complexity index is 450. The van der Waals surface area contributed by atoms with Crippen LogP contribution in [0.4, 0.5) is 0 Å². The molecule has 19 heavy (non-hydrogen) atoms. The van der Waals surface area contributed by atoms with Gasteiger partial charge in [-0.05, 0) is 62.8 Å². The van der Waals surface area contributed by atoms with Crippen molar-refractivity contribution in [3.63, 3.8) is 0 Å². The number of hydrogen-bond acceptors (Lipinski definition) is 2. The molecule has 3 nitrogen and oxygen atoms in total. The first-order valence-electron chi connectivity index (χ1n) is 8.00. The van der Waals surface area contributed by atoms with Gasteiger partial charge in [-0.3, -0.25) is 0 Å². The van der Waals surface area contributed by atoms with Crippen LogP contribution in [0, 0.1) is 29.6 Å². The molecule has 3 saturated carbocycles. The molecule has 3 heteroatoms. The number of aromatic nitrogens is 2. The van der Waals surface area contributed by atoms with Crippen LogP contribution in [0.5, 0.6) is 0 Å². The molecule has 5 unspecified atom stereocenters. The highest BCUT2D eigenvalue weighted by molar-refractivity contribution is 5.16. The van der Waals surface area contributed by atoms with Gasteiger partial charge in [0.2, 0.25) is 0 Å². The SMILES string of the molecule is CCn1ccnc1CC(NC)C1C2C3CCC(C3)C21. The monoisotopic (exact) mass is 259 g/mol. The highest BCUT2D eigenvalue weighted by Crippen LogP contribution is 2.70.